The second kappa shape index (κ2) is 10.5. The first kappa shape index (κ1) is 24.2. The van der Waals surface area contributed by atoms with E-state index >= 15 is 0 Å². The summed E-state index contributed by atoms with van der Waals surface area (Å²) < 4.78 is 5.14. The maximum absolute atomic E-state index is 13.4. The van der Waals surface area contributed by atoms with Crippen LogP contribution in [0.2, 0.25) is 5.02 Å². The van der Waals surface area contributed by atoms with Gasteiger partial charge in [0.25, 0.3) is 5.91 Å². The summed E-state index contributed by atoms with van der Waals surface area (Å²) in [5.41, 5.74) is 1.38. The maximum Gasteiger partial charge on any atom is 0.318 e. The highest BCUT2D eigenvalue weighted by Gasteiger charge is 2.35. The van der Waals surface area contributed by atoms with Crippen LogP contribution in [0, 0.1) is 0 Å². The quantitative estimate of drug-likeness (QED) is 0.637. The predicted molar refractivity (Wildman–Crippen MR) is 128 cm³/mol. The van der Waals surface area contributed by atoms with E-state index in [1.165, 1.54) is 9.91 Å². The minimum atomic E-state index is -0.421. The van der Waals surface area contributed by atoms with Gasteiger partial charge in [0.2, 0.25) is 0 Å². The third-order valence-corrected chi connectivity index (χ3v) is 6.06. The van der Waals surface area contributed by atoms with E-state index in [0.29, 0.717) is 24.6 Å². The number of urea groups is 1. The van der Waals surface area contributed by atoms with Crippen LogP contribution in [-0.4, -0.2) is 59.9 Å². The Labute approximate surface area is 198 Å². The summed E-state index contributed by atoms with van der Waals surface area (Å²) in [5.74, 6) is -0.253. The van der Waals surface area contributed by atoms with E-state index in [9.17, 15) is 9.59 Å². The zero-order chi connectivity index (χ0) is 23.3. The molecule has 172 valence electrons. The molecule has 32 heavy (non-hydrogen) atoms. The molecule has 0 radical (unpaired) electrons. The molecule has 3 rings (SSSR count). The van der Waals surface area contributed by atoms with E-state index in [4.69, 9.17) is 16.3 Å². The van der Waals surface area contributed by atoms with E-state index < -0.39 is 5.54 Å². The van der Waals surface area contributed by atoms with Gasteiger partial charge < -0.3 is 15.0 Å². The van der Waals surface area contributed by atoms with Crippen LogP contribution in [0.1, 0.15) is 43.7 Å². The van der Waals surface area contributed by atoms with E-state index in [-0.39, 0.29) is 24.5 Å². The van der Waals surface area contributed by atoms with Gasteiger partial charge in [-0.2, -0.15) is 5.10 Å². The number of hydrogen-bond acceptors (Lipinski definition) is 5. The Kier molecular flexibility index (Phi) is 7.92. The van der Waals surface area contributed by atoms with Gasteiger partial charge in [-0.15, -0.1) is 11.3 Å². The average molecular weight is 477 g/mol. The Balaban J connectivity index is 1.84. The summed E-state index contributed by atoms with van der Waals surface area (Å²) >= 11 is 7.65. The zero-order valence-corrected chi connectivity index (χ0v) is 20.4. The van der Waals surface area contributed by atoms with Gasteiger partial charge in [-0.25, -0.2) is 9.80 Å². The van der Waals surface area contributed by atoms with Crippen LogP contribution in [0.25, 0.3) is 0 Å². The van der Waals surface area contributed by atoms with Crippen molar-refractivity contribution in [3.05, 3.63) is 57.2 Å². The lowest BCUT2D eigenvalue weighted by Gasteiger charge is -2.30. The average Bonchev–Trinajstić information content (AvgIpc) is 3.40. The van der Waals surface area contributed by atoms with Crippen molar-refractivity contribution in [2.75, 3.05) is 26.8 Å². The number of carbonyl (C=O) groups is 2. The van der Waals surface area contributed by atoms with Crippen molar-refractivity contribution < 1.29 is 14.3 Å². The predicted octanol–water partition coefficient (Wildman–Crippen LogP) is 4.54. The third kappa shape index (κ3) is 6.31. The highest BCUT2D eigenvalue weighted by Crippen LogP contribution is 2.34. The largest absolute Gasteiger partial charge is 0.383 e. The summed E-state index contributed by atoms with van der Waals surface area (Å²) in [7, 11) is 1.57. The van der Waals surface area contributed by atoms with Gasteiger partial charge in [-0.3, -0.25) is 4.79 Å². The first-order chi connectivity index (χ1) is 15.2. The van der Waals surface area contributed by atoms with Gasteiger partial charge in [0.1, 0.15) is 6.54 Å². The number of methoxy groups -OCH3 is 1. The van der Waals surface area contributed by atoms with Crippen molar-refractivity contribution in [2.45, 2.75) is 38.8 Å². The molecule has 0 unspecified atom stereocenters. The minimum Gasteiger partial charge on any atom is -0.383 e. The molecule has 0 aliphatic carbocycles. The molecule has 7 nitrogen and oxygen atoms in total. The number of rotatable bonds is 7. The number of carbonyl (C=O) groups excluding carboxylic acids is 2. The first-order valence-corrected chi connectivity index (χ1v) is 11.7. The molecule has 0 saturated carbocycles. The van der Waals surface area contributed by atoms with Crippen molar-refractivity contribution in [1.29, 1.82) is 0 Å². The molecule has 1 atom stereocenters. The summed E-state index contributed by atoms with van der Waals surface area (Å²) in [6.45, 7) is 6.22. The fraction of sp³-hybridized carbons (Fsp3) is 0.435. The number of hydrogen-bond donors (Lipinski definition) is 1. The van der Waals surface area contributed by atoms with Crippen LogP contribution in [-0.2, 0) is 9.53 Å². The summed E-state index contributed by atoms with van der Waals surface area (Å²) in [6, 6.07) is 10.8. The lowest BCUT2D eigenvalue weighted by molar-refractivity contribution is -0.133. The van der Waals surface area contributed by atoms with E-state index in [2.05, 4.69) is 10.4 Å². The number of halogens is 1. The van der Waals surface area contributed by atoms with Crippen LogP contribution in [0.5, 0.6) is 0 Å². The molecule has 1 aliphatic rings. The Morgan fingerprint density at radius 1 is 1.28 bits per heavy atom. The molecule has 0 saturated heterocycles. The number of nitrogens with zero attached hydrogens (tertiary/aromatic N) is 3. The highest BCUT2D eigenvalue weighted by atomic mass is 35.5. The lowest BCUT2D eigenvalue weighted by atomic mass is 10.0. The number of amides is 3. The minimum absolute atomic E-state index is 0.101. The van der Waals surface area contributed by atoms with Gasteiger partial charge in [0.05, 0.1) is 23.2 Å². The molecule has 0 fully saturated rings. The molecule has 9 heteroatoms. The molecule has 3 amide bonds. The molecule has 2 heterocycles. The van der Waals surface area contributed by atoms with Gasteiger partial charge >= 0.3 is 6.03 Å². The topological polar surface area (TPSA) is 74.2 Å². The van der Waals surface area contributed by atoms with Crippen molar-refractivity contribution in [2.24, 2.45) is 5.10 Å². The molecular weight excluding hydrogens is 448 g/mol. The molecule has 1 aliphatic heterocycles. The number of benzene rings is 1. The molecular formula is C23H29ClN4O3S. The molecule has 1 aromatic carbocycles. The number of nitrogens with one attached hydrogen (secondary N) is 1. The number of thiophene rings is 1. The van der Waals surface area contributed by atoms with Crippen molar-refractivity contribution in [3.63, 3.8) is 0 Å². The van der Waals surface area contributed by atoms with Crippen LogP contribution < -0.4 is 5.32 Å². The van der Waals surface area contributed by atoms with E-state index in [1.807, 2.05) is 62.5 Å². The van der Waals surface area contributed by atoms with Crippen LogP contribution >= 0.6 is 22.9 Å². The molecule has 1 aromatic heterocycles. The fourth-order valence-electron chi connectivity index (χ4n) is 3.37. The van der Waals surface area contributed by atoms with Crippen LogP contribution in [0.3, 0.4) is 0 Å². The van der Waals surface area contributed by atoms with E-state index in [0.717, 1.165) is 16.2 Å². The SMILES string of the molecule is COCCN(CC(=O)N1N=C(c2cccs2)C[C@@H]1c1ccc(Cl)cc1)C(=O)NC(C)(C)C. The third-order valence-electron chi connectivity index (χ3n) is 4.89. The van der Waals surface area contributed by atoms with Crippen LogP contribution in [0.4, 0.5) is 4.79 Å². The van der Waals surface area contributed by atoms with Gasteiger partial charge in [-0.05, 0) is 49.9 Å². The van der Waals surface area contributed by atoms with Gasteiger partial charge in [0, 0.05) is 30.6 Å². The molecule has 2 aromatic rings. The standard InChI is InChI=1S/C23H29ClN4O3S/c1-23(2,3)25-22(30)27(11-12-31-4)15-21(29)28-19(16-7-9-17(24)10-8-16)14-18(26-28)20-6-5-13-32-20/h5-10,13,19H,11-12,14-15H2,1-4H3,(H,25,30)/t19-/m1/s1. The molecule has 0 spiro atoms. The normalized spacial score (nSPS) is 16.1. The van der Waals surface area contributed by atoms with E-state index in [1.54, 1.807) is 18.4 Å². The zero-order valence-electron chi connectivity index (χ0n) is 18.8. The van der Waals surface area contributed by atoms with Crippen molar-refractivity contribution in [3.8, 4) is 0 Å². The van der Waals surface area contributed by atoms with Crippen molar-refractivity contribution >= 4 is 40.6 Å². The monoisotopic (exact) mass is 476 g/mol. The molecule has 0 bridgehead atoms. The van der Waals surface area contributed by atoms with Crippen LogP contribution in [0.15, 0.2) is 46.9 Å². The Bertz CT molecular complexity index is 955. The molecule has 1 N–H and O–H groups in total. The van der Waals surface area contributed by atoms with Crippen molar-refractivity contribution in [1.82, 2.24) is 15.2 Å². The summed E-state index contributed by atoms with van der Waals surface area (Å²) in [5, 5.41) is 11.7. The fourth-order valence-corrected chi connectivity index (χ4v) is 4.21. The maximum atomic E-state index is 13.4. The number of hydrazone groups is 1. The smallest absolute Gasteiger partial charge is 0.318 e. The Morgan fingerprint density at radius 2 is 2.00 bits per heavy atom. The Hall–Kier alpha value is -2.42. The second-order valence-corrected chi connectivity index (χ2v) is 10.0. The number of ether oxygens (including phenoxy) is 1. The first-order valence-electron chi connectivity index (χ1n) is 10.4. The Morgan fingerprint density at radius 3 is 2.59 bits per heavy atom. The summed E-state index contributed by atoms with van der Waals surface area (Å²) in [6.07, 6.45) is 0.597. The lowest BCUT2D eigenvalue weighted by Crippen LogP contribution is -2.52. The summed E-state index contributed by atoms with van der Waals surface area (Å²) in [4.78, 5) is 28.7. The highest BCUT2D eigenvalue weighted by molar-refractivity contribution is 7.12. The van der Waals surface area contributed by atoms with Gasteiger partial charge in [0.15, 0.2) is 0 Å². The second-order valence-electron chi connectivity index (χ2n) is 8.63. The van der Waals surface area contributed by atoms with Gasteiger partial charge in [-0.1, -0.05) is 29.8 Å².